The van der Waals surface area contributed by atoms with E-state index in [1.165, 1.54) is 0 Å². The van der Waals surface area contributed by atoms with Crippen LogP contribution in [0.1, 0.15) is 26.7 Å². The summed E-state index contributed by atoms with van der Waals surface area (Å²) in [6.07, 6.45) is 2.23. The molecule has 4 heteroatoms. The molecule has 0 spiro atoms. The maximum atomic E-state index is 10.8. The lowest BCUT2D eigenvalue weighted by Crippen LogP contribution is -2.45. The van der Waals surface area contributed by atoms with Gasteiger partial charge in [-0.25, -0.2) is 0 Å². The van der Waals surface area contributed by atoms with Crippen molar-refractivity contribution in [2.45, 2.75) is 32.7 Å². The summed E-state index contributed by atoms with van der Waals surface area (Å²) in [5, 5.41) is 8.92. The van der Waals surface area contributed by atoms with E-state index in [2.05, 4.69) is 0 Å². The summed E-state index contributed by atoms with van der Waals surface area (Å²) in [4.78, 5) is 12.9. The van der Waals surface area contributed by atoms with Crippen molar-refractivity contribution in [1.29, 1.82) is 0 Å². The summed E-state index contributed by atoms with van der Waals surface area (Å²) in [5.74, 6) is -0.229. The van der Waals surface area contributed by atoms with Gasteiger partial charge in [0.2, 0.25) is 0 Å². The Kier molecular flexibility index (Phi) is 5.05. The van der Waals surface area contributed by atoms with E-state index in [1.807, 2.05) is 11.8 Å². The van der Waals surface area contributed by atoms with E-state index < -0.39 is 5.97 Å². The zero-order valence-corrected chi connectivity index (χ0v) is 9.61. The number of piperidine rings is 1. The number of ether oxygens (including phenoxy) is 1. The summed E-state index contributed by atoms with van der Waals surface area (Å²) >= 11 is 0. The second-order valence-electron chi connectivity index (χ2n) is 4.18. The number of carboxylic acids is 1. The molecule has 2 atom stereocenters. The molecule has 1 aliphatic rings. The van der Waals surface area contributed by atoms with E-state index >= 15 is 0 Å². The number of aliphatic carboxylic acids is 1. The predicted octanol–water partition coefficient (Wildman–Crippen LogP) is 1.21. The first-order chi connectivity index (χ1) is 7.15. The molecule has 0 aromatic carbocycles. The highest BCUT2D eigenvalue weighted by Gasteiger charge is 2.26. The van der Waals surface area contributed by atoms with Gasteiger partial charge < -0.3 is 9.84 Å². The predicted molar refractivity (Wildman–Crippen MR) is 57.9 cm³/mol. The van der Waals surface area contributed by atoms with Crippen LogP contribution in [-0.4, -0.2) is 48.3 Å². The number of carboxylic acid groups (broad SMARTS) is 1. The van der Waals surface area contributed by atoms with Crippen LogP contribution in [0, 0.1) is 5.92 Å². The highest BCUT2D eigenvalue weighted by Crippen LogP contribution is 2.18. The van der Waals surface area contributed by atoms with Gasteiger partial charge in [0.25, 0.3) is 0 Å². The molecule has 1 aliphatic heterocycles. The second kappa shape index (κ2) is 6.08. The summed E-state index contributed by atoms with van der Waals surface area (Å²) < 4.78 is 5.39. The highest BCUT2D eigenvalue weighted by molar-refractivity contribution is 5.72. The van der Waals surface area contributed by atoms with Crippen LogP contribution in [0.25, 0.3) is 0 Å². The molecule has 1 heterocycles. The van der Waals surface area contributed by atoms with Gasteiger partial charge in [0.05, 0.1) is 6.61 Å². The van der Waals surface area contributed by atoms with Gasteiger partial charge in [0, 0.05) is 13.2 Å². The van der Waals surface area contributed by atoms with Gasteiger partial charge in [0.1, 0.15) is 6.04 Å². The van der Waals surface area contributed by atoms with Gasteiger partial charge in [-0.05, 0) is 39.2 Å². The van der Waals surface area contributed by atoms with Crippen LogP contribution >= 0.6 is 0 Å². The number of hydrogen-bond acceptors (Lipinski definition) is 3. The minimum Gasteiger partial charge on any atom is -0.480 e. The van der Waals surface area contributed by atoms with Gasteiger partial charge in [0.15, 0.2) is 0 Å². The average molecular weight is 215 g/mol. The van der Waals surface area contributed by atoms with Crippen molar-refractivity contribution in [3.63, 3.8) is 0 Å². The molecule has 0 bridgehead atoms. The molecule has 1 fully saturated rings. The fraction of sp³-hybridized carbons (Fsp3) is 0.909. The van der Waals surface area contributed by atoms with Gasteiger partial charge in [-0.15, -0.1) is 0 Å². The van der Waals surface area contributed by atoms with Crippen LogP contribution < -0.4 is 0 Å². The van der Waals surface area contributed by atoms with Crippen LogP contribution in [0.3, 0.4) is 0 Å². The molecule has 0 aromatic heterocycles. The first-order valence-electron chi connectivity index (χ1n) is 5.69. The lowest BCUT2D eigenvalue weighted by molar-refractivity contribution is -0.143. The maximum absolute atomic E-state index is 10.8. The molecule has 1 rings (SSSR count). The molecule has 0 aliphatic carbocycles. The largest absolute Gasteiger partial charge is 0.480 e. The van der Waals surface area contributed by atoms with E-state index in [0.717, 1.165) is 39.1 Å². The zero-order chi connectivity index (χ0) is 11.3. The number of likely N-dealkylation sites (tertiary alicyclic amines) is 1. The van der Waals surface area contributed by atoms with Gasteiger partial charge in [-0.3, -0.25) is 9.69 Å². The molecule has 0 amide bonds. The van der Waals surface area contributed by atoms with Crippen molar-refractivity contribution in [1.82, 2.24) is 4.90 Å². The first-order valence-corrected chi connectivity index (χ1v) is 5.69. The summed E-state index contributed by atoms with van der Waals surface area (Å²) in [6.45, 7) is 7.00. The van der Waals surface area contributed by atoms with Gasteiger partial charge in [-0.2, -0.15) is 0 Å². The number of hydrogen-bond donors (Lipinski definition) is 1. The second-order valence-corrected chi connectivity index (χ2v) is 4.18. The number of nitrogens with zero attached hydrogens (tertiary/aromatic N) is 1. The standard InChI is InChI=1S/C11H21NO3/c1-3-15-8-10-5-4-6-12(7-10)9(2)11(13)14/h9-10H,3-8H2,1-2H3,(H,13,14)/t9-,10-/m0/s1. The highest BCUT2D eigenvalue weighted by atomic mass is 16.5. The van der Waals surface area contributed by atoms with Crippen LogP contribution in [0.4, 0.5) is 0 Å². The molecule has 1 saturated heterocycles. The van der Waals surface area contributed by atoms with E-state index in [4.69, 9.17) is 9.84 Å². The Labute approximate surface area is 91.2 Å². The lowest BCUT2D eigenvalue weighted by Gasteiger charge is -2.34. The van der Waals surface area contributed by atoms with E-state index in [0.29, 0.717) is 5.92 Å². The smallest absolute Gasteiger partial charge is 0.320 e. The fourth-order valence-electron chi connectivity index (χ4n) is 2.03. The van der Waals surface area contributed by atoms with Gasteiger partial charge >= 0.3 is 5.97 Å². The Balaban J connectivity index is 2.38. The molecule has 0 unspecified atom stereocenters. The van der Waals surface area contributed by atoms with Crippen LogP contribution in [0.5, 0.6) is 0 Å². The molecular formula is C11H21NO3. The van der Waals surface area contributed by atoms with Crippen molar-refractivity contribution in [2.24, 2.45) is 5.92 Å². The average Bonchev–Trinajstić information content (AvgIpc) is 2.25. The van der Waals surface area contributed by atoms with Crippen LogP contribution in [0.15, 0.2) is 0 Å². The van der Waals surface area contributed by atoms with E-state index in [1.54, 1.807) is 6.92 Å². The molecule has 0 aromatic rings. The Bertz CT molecular complexity index is 208. The van der Waals surface area contributed by atoms with E-state index in [9.17, 15) is 4.79 Å². The van der Waals surface area contributed by atoms with E-state index in [-0.39, 0.29) is 6.04 Å². The molecular weight excluding hydrogens is 194 g/mol. The third kappa shape index (κ3) is 3.80. The molecule has 0 radical (unpaired) electrons. The SMILES string of the molecule is CCOC[C@H]1CCCN([C@@H](C)C(=O)O)C1. The third-order valence-electron chi connectivity index (χ3n) is 3.01. The van der Waals surface area contributed by atoms with Gasteiger partial charge in [-0.1, -0.05) is 0 Å². The first kappa shape index (κ1) is 12.5. The van der Waals surface area contributed by atoms with Crippen LogP contribution in [-0.2, 0) is 9.53 Å². The molecule has 0 saturated carbocycles. The molecule has 4 nitrogen and oxygen atoms in total. The number of rotatable bonds is 5. The minimum atomic E-state index is -0.730. The number of carbonyl (C=O) groups is 1. The maximum Gasteiger partial charge on any atom is 0.320 e. The summed E-state index contributed by atoms with van der Waals surface area (Å²) in [7, 11) is 0. The zero-order valence-electron chi connectivity index (χ0n) is 9.61. The summed E-state index contributed by atoms with van der Waals surface area (Å²) in [5.41, 5.74) is 0. The quantitative estimate of drug-likeness (QED) is 0.749. The van der Waals surface area contributed by atoms with Crippen LogP contribution in [0.2, 0.25) is 0 Å². The van der Waals surface area contributed by atoms with Crippen molar-refractivity contribution in [3.8, 4) is 0 Å². The molecule has 15 heavy (non-hydrogen) atoms. The van der Waals surface area contributed by atoms with Crippen molar-refractivity contribution >= 4 is 5.97 Å². The fourth-order valence-corrected chi connectivity index (χ4v) is 2.03. The minimum absolute atomic E-state index is 0.366. The monoisotopic (exact) mass is 215 g/mol. The summed E-state index contributed by atoms with van der Waals surface area (Å²) in [6, 6.07) is -0.366. The van der Waals surface area contributed by atoms with Crippen molar-refractivity contribution in [3.05, 3.63) is 0 Å². The Morgan fingerprint density at radius 1 is 1.67 bits per heavy atom. The van der Waals surface area contributed by atoms with Crippen molar-refractivity contribution < 1.29 is 14.6 Å². The Hall–Kier alpha value is -0.610. The molecule has 88 valence electrons. The topological polar surface area (TPSA) is 49.8 Å². The van der Waals surface area contributed by atoms with Crippen molar-refractivity contribution in [2.75, 3.05) is 26.3 Å². The normalized spacial score (nSPS) is 25.1. The Morgan fingerprint density at radius 3 is 3.00 bits per heavy atom. The Morgan fingerprint density at radius 2 is 2.40 bits per heavy atom. The molecule has 1 N–H and O–H groups in total. The lowest BCUT2D eigenvalue weighted by atomic mass is 9.98. The third-order valence-corrected chi connectivity index (χ3v) is 3.01.